The maximum Gasteiger partial charge on any atom is 0.184 e. The van der Waals surface area contributed by atoms with E-state index in [1.54, 1.807) is 0 Å². The van der Waals surface area contributed by atoms with E-state index in [1.807, 2.05) is 13.0 Å². The van der Waals surface area contributed by atoms with E-state index in [0.717, 1.165) is 19.0 Å². The highest BCUT2D eigenvalue weighted by Gasteiger charge is 2.03. The number of hydrogen-bond donors (Lipinski definition) is 1. The van der Waals surface area contributed by atoms with Gasteiger partial charge in [0.25, 0.3) is 0 Å². The number of rotatable bonds is 6. The third-order valence-corrected chi connectivity index (χ3v) is 1.66. The highest BCUT2D eigenvalue weighted by Crippen LogP contribution is 2.04. The lowest BCUT2D eigenvalue weighted by atomic mass is 10.5. The maximum absolute atomic E-state index is 8.57. The van der Waals surface area contributed by atoms with Gasteiger partial charge in [0.2, 0.25) is 0 Å². The molecule has 1 N–H and O–H groups in total. The van der Waals surface area contributed by atoms with Crippen molar-refractivity contribution in [3.05, 3.63) is 12.0 Å². The van der Waals surface area contributed by atoms with Crippen molar-refractivity contribution >= 4 is 0 Å². The van der Waals surface area contributed by atoms with E-state index in [4.69, 9.17) is 9.84 Å². The van der Waals surface area contributed by atoms with Crippen LogP contribution in [0.1, 0.15) is 20.8 Å². The van der Waals surface area contributed by atoms with Crippen LogP contribution in [0.2, 0.25) is 0 Å². The molecule has 0 rings (SSSR count). The second kappa shape index (κ2) is 6.98. The number of aliphatic hydroxyl groups excluding tert-OH is 1. The molecule has 0 saturated heterocycles. The Morgan fingerprint density at radius 1 is 1.42 bits per heavy atom. The molecule has 3 heteroatoms. The molecule has 0 saturated carbocycles. The number of ether oxygens (including phenoxy) is 1. The minimum Gasteiger partial charge on any atom is -0.477 e. The largest absolute Gasteiger partial charge is 0.477 e. The van der Waals surface area contributed by atoms with Gasteiger partial charge in [-0.3, -0.25) is 0 Å². The summed E-state index contributed by atoms with van der Waals surface area (Å²) in [5, 5.41) is 8.57. The molecule has 0 unspecified atom stereocenters. The molecule has 0 spiro atoms. The van der Waals surface area contributed by atoms with E-state index >= 15 is 0 Å². The highest BCUT2D eigenvalue weighted by molar-refractivity contribution is 4.89. The van der Waals surface area contributed by atoms with Gasteiger partial charge in [0, 0.05) is 13.1 Å². The topological polar surface area (TPSA) is 32.7 Å². The van der Waals surface area contributed by atoms with Crippen LogP contribution in [0.25, 0.3) is 0 Å². The third-order valence-electron chi connectivity index (χ3n) is 1.66. The summed E-state index contributed by atoms with van der Waals surface area (Å²) in [5.74, 6) is 0.856. The summed E-state index contributed by atoms with van der Waals surface area (Å²) < 4.78 is 5.32. The predicted molar refractivity (Wildman–Crippen MR) is 49.7 cm³/mol. The molecule has 0 atom stereocenters. The molecule has 0 aliphatic heterocycles. The van der Waals surface area contributed by atoms with Gasteiger partial charge < -0.3 is 14.7 Å². The molecule has 0 heterocycles. The van der Waals surface area contributed by atoms with Gasteiger partial charge in [-0.1, -0.05) is 0 Å². The Bertz CT molecular complexity index is 130. The Morgan fingerprint density at radius 3 is 2.33 bits per heavy atom. The Kier molecular flexibility index (Phi) is 6.57. The fourth-order valence-electron chi connectivity index (χ4n) is 1.04. The summed E-state index contributed by atoms with van der Waals surface area (Å²) >= 11 is 0. The first-order chi connectivity index (χ1) is 5.79. The number of aliphatic hydroxyl groups is 1. The molecule has 12 heavy (non-hydrogen) atoms. The Labute approximate surface area is 74.6 Å². The van der Waals surface area contributed by atoms with Gasteiger partial charge in [-0.25, -0.2) is 0 Å². The second-order valence-corrected chi connectivity index (χ2v) is 2.37. The number of nitrogens with zero attached hydrogens (tertiary/aromatic N) is 1. The Balaban J connectivity index is 3.95. The number of hydrogen-bond acceptors (Lipinski definition) is 3. The van der Waals surface area contributed by atoms with Gasteiger partial charge in [-0.15, -0.1) is 0 Å². The molecule has 0 radical (unpaired) electrons. The van der Waals surface area contributed by atoms with E-state index in [0.29, 0.717) is 6.61 Å². The summed E-state index contributed by atoms with van der Waals surface area (Å²) in [6.45, 7) is 8.40. The monoisotopic (exact) mass is 173 g/mol. The second-order valence-electron chi connectivity index (χ2n) is 2.37. The summed E-state index contributed by atoms with van der Waals surface area (Å²) in [6.07, 6.45) is 1.92. The summed E-state index contributed by atoms with van der Waals surface area (Å²) in [5.41, 5.74) is 0. The van der Waals surface area contributed by atoms with Crippen molar-refractivity contribution < 1.29 is 9.84 Å². The minimum absolute atomic E-state index is 0.0681. The molecule has 0 aromatic heterocycles. The average Bonchev–Trinajstić information content (AvgIpc) is 2.12. The van der Waals surface area contributed by atoms with E-state index in [1.165, 1.54) is 0 Å². The van der Waals surface area contributed by atoms with Gasteiger partial charge in [-0.05, 0) is 26.8 Å². The van der Waals surface area contributed by atoms with Crippen molar-refractivity contribution in [1.82, 2.24) is 4.90 Å². The van der Waals surface area contributed by atoms with Gasteiger partial charge in [0.15, 0.2) is 5.88 Å². The quantitative estimate of drug-likeness (QED) is 0.613. The van der Waals surface area contributed by atoms with Crippen LogP contribution in [0.4, 0.5) is 0 Å². The van der Waals surface area contributed by atoms with Gasteiger partial charge in [-0.2, -0.15) is 0 Å². The summed E-state index contributed by atoms with van der Waals surface area (Å²) in [7, 11) is 0. The van der Waals surface area contributed by atoms with Crippen LogP contribution in [-0.2, 0) is 4.74 Å². The molecule has 0 bridgehead atoms. The van der Waals surface area contributed by atoms with Crippen molar-refractivity contribution in [3.8, 4) is 0 Å². The van der Waals surface area contributed by atoms with Crippen molar-refractivity contribution in [2.75, 3.05) is 26.3 Å². The average molecular weight is 173 g/mol. The zero-order chi connectivity index (χ0) is 9.40. The first-order valence-corrected chi connectivity index (χ1v) is 4.45. The van der Waals surface area contributed by atoms with Gasteiger partial charge in [0.05, 0.1) is 6.61 Å². The zero-order valence-electron chi connectivity index (χ0n) is 8.21. The SMILES string of the molecule is CC=C(OCCO)N(CC)CC. The van der Waals surface area contributed by atoms with E-state index in [-0.39, 0.29) is 6.61 Å². The van der Waals surface area contributed by atoms with Crippen LogP contribution in [0.15, 0.2) is 12.0 Å². The molecule has 0 aliphatic carbocycles. The Hall–Kier alpha value is -0.700. The molecule has 0 amide bonds. The van der Waals surface area contributed by atoms with E-state index < -0.39 is 0 Å². The number of allylic oxidation sites excluding steroid dienone is 1. The molecule has 0 aliphatic rings. The van der Waals surface area contributed by atoms with Crippen LogP contribution >= 0.6 is 0 Å². The maximum atomic E-state index is 8.57. The van der Waals surface area contributed by atoms with Crippen LogP contribution in [0.5, 0.6) is 0 Å². The molecule has 0 fully saturated rings. The standard InChI is InChI=1S/C9H19NO2/c1-4-9(12-8-7-11)10(5-2)6-3/h4,11H,5-8H2,1-3H3. The lowest BCUT2D eigenvalue weighted by molar-refractivity contribution is 0.0863. The fourth-order valence-corrected chi connectivity index (χ4v) is 1.04. The summed E-state index contributed by atoms with van der Waals surface area (Å²) in [6, 6.07) is 0. The van der Waals surface area contributed by atoms with Crippen LogP contribution in [-0.4, -0.2) is 36.3 Å². The molecule has 72 valence electrons. The predicted octanol–water partition coefficient (Wildman–Crippen LogP) is 1.20. The van der Waals surface area contributed by atoms with Crippen LogP contribution in [0, 0.1) is 0 Å². The summed E-state index contributed by atoms with van der Waals surface area (Å²) in [4.78, 5) is 2.11. The van der Waals surface area contributed by atoms with Gasteiger partial charge >= 0.3 is 0 Å². The normalized spacial score (nSPS) is 11.5. The highest BCUT2D eigenvalue weighted by atomic mass is 16.5. The molecular formula is C9H19NO2. The zero-order valence-corrected chi connectivity index (χ0v) is 8.21. The molecule has 3 nitrogen and oxygen atoms in total. The van der Waals surface area contributed by atoms with E-state index in [9.17, 15) is 0 Å². The molecule has 0 aromatic carbocycles. The van der Waals surface area contributed by atoms with Crippen LogP contribution < -0.4 is 0 Å². The smallest absolute Gasteiger partial charge is 0.184 e. The first kappa shape index (κ1) is 11.3. The third kappa shape index (κ3) is 3.62. The lowest BCUT2D eigenvalue weighted by Crippen LogP contribution is -2.24. The van der Waals surface area contributed by atoms with Gasteiger partial charge in [0.1, 0.15) is 6.61 Å². The van der Waals surface area contributed by atoms with E-state index in [2.05, 4.69) is 18.7 Å². The minimum atomic E-state index is 0.0681. The van der Waals surface area contributed by atoms with Crippen molar-refractivity contribution in [2.24, 2.45) is 0 Å². The van der Waals surface area contributed by atoms with Crippen LogP contribution in [0.3, 0.4) is 0 Å². The molecule has 0 aromatic rings. The Morgan fingerprint density at radius 2 is 2.00 bits per heavy atom. The van der Waals surface area contributed by atoms with Crippen molar-refractivity contribution in [3.63, 3.8) is 0 Å². The molecular weight excluding hydrogens is 154 g/mol. The first-order valence-electron chi connectivity index (χ1n) is 4.45. The van der Waals surface area contributed by atoms with Crippen molar-refractivity contribution in [2.45, 2.75) is 20.8 Å². The van der Waals surface area contributed by atoms with Crippen molar-refractivity contribution in [1.29, 1.82) is 0 Å². The fraction of sp³-hybridized carbons (Fsp3) is 0.778. The lowest BCUT2D eigenvalue weighted by Gasteiger charge is -2.23.